The maximum absolute atomic E-state index is 12.4. The van der Waals surface area contributed by atoms with Gasteiger partial charge < -0.3 is 15.6 Å². The number of hydrogen-bond donors (Lipinski definition) is 2. The first-order valence-corrected chi connectivity index (χ1v) is 9.32. The molecule has 0 unspecified atom stereocenters. The minimum absolute atomic E-state index is 0.0314. The summed E-state index contributed by atoms with van der Waals surface area (Å²) in [6, 6.07) is 8.31. The van der Waals surface area contributed by atoms with Crippen molar-refractivity contribution in [3.8, 4) is 0 Å². The fourth-order valence-corrected chi connectivity index (χ4v) is 4.80. The Bertz CT molecular complexity index is 748. The molecule has 1 saturated heterocycles. The molecule has 24 heavy (non-hydrogen) atoms. The number of aromatic nitrogens is 2. The summed E-state index contributed by atoms with van der Waals surface area (Å²) in [5.41, 5.74) is 8.46. The van der Waals surface area contributed by atoms with Crippen molar-refractivity contribution in [3.05, 3.63) is 34.7 Å². The van der Waals surface area contributed by atoms with Crippen LogP contribution in [0.1, 0.15) is 44.6 Å². The van der Waals surface area contributed by atoms with Crippen LogP contribution in [0.3, 0.4) is 0 Å². The molecule has 4 rings (SSSR count). The number of rotatable bonds is 4. The Hall–Kier alpha value is -1.59. The summed E-state index contributed by atoms with van der Waals surface area (Å²) >= 11 is 0. The molecule has 1 saturated carbocycles. The van der Waals surface area contributed by atoms with Gasteiger partial charge in [-0.05, 0) is 49.8 Å². The zero-order valence-corrected chi connectivity index (χ0v) is 14.3. The van der Waals surface area contributed by atoms with E-state index in [1.807, 2.05) is 28.8 Å². The van der Waals surface area contributed by atoms with E-state index in [-0.39, 0.29) is 5.69 Å². The highest BCUT2D eigenvalue weighted by Gasteiger charge is 2.35. The summed E-state index contributed by atoms with van der Waals surface area (Å²) in [6.07, 6.45) is 7.32. The van der Waals surface area contributed by atoms with E-state index in [9.17, 15) is 4.79 Å². The van der Waals surface area contributed by atoms with Gasteiger partial charge in [0.1, 0.15) is 0 Å². The molecule has 1 aliphatic heterocycles. The van der Waals surface area contributed by atoms with E-state index >= 15 is 0 Å². The molecular formula is C19H28N4O. The van der Waals surface area contributed by atoms with Crippen LogP contribution in [0.4, 0.5) is 0 Å². The fourth-order valence-electron chi connectivity index (χ4n) is 4.80. The largest absolute Gasteiger partial charge is 0.330 e. The molecule has 5 nitrogen and oxygen atoms in total. The highest BCUT2D eigenvalue weighted by molar-refractivity contribution is 5.75. The van der Waals surface area contributed by atoms with Crippen LogP contribution >= 0.6 is 0 Å². The lowest BCUT2D eigenvalue weighted by Gasteiger charge is -2.38. The quantitative estimate of drug-likeness (QED) is 0.906. The number of aromatic amines is 1. The Morgan fingerprint density at radius 2 is 1.88 bits per heavy atom. The first kappa shape index (κ1) is 15.9. The molecule has 2 aromatic rings. The van der Waals surface area contributed by atoms with E-state index in [2.05, 4.69) is 9.88 Å². The molecule has 2 heterocycles. The van der Waals surface area contributed by atoms with Gasteiger partial charge in [-0.25, -0.2) is 4.79 Å². The lowest BCUT2D eigenvalue weighted by molar-refractivity contribution is 0.118. The number of fused-ring (bicyclic) bond motifs is 1. The van der Waals surface area contributed by atoms with Crippen molar-refractivity contribution in [1.29, 1.82) is 0 Å². The Balaban J connectivity index is 1.46. The zero-order chi connectivity index (χ0) is 16.6. The van der Waals surface area contributed by atoms with E-state index in [1.165, 1.54) is 25.7 Å². The number of H-pyrrole nitrogens is 1. The third-order valence-corrected chi connectivity index (χ3v) is 6.20. The third-order valence-electron chi connectivity index (χ3n) is 6.20. The number of piperidine rings is 1. The molecule has 1 aromatic carbocycles. The van der Waals surface area contributed by atoms with Crippen LogP contribution in [-0.4, -0.2) is 40.6 Å². The van der Waals surface area contributed by atoms with Crippen LogP contribution in [0.2, 0.25) is 0 Å². The van der Waals surface area contributed by atoms with E-state index in [1.54, 1.807) is 0 Å². The number of nitrogens with two attached hydrogens (primary N) is 1. The number of nitrogens with zero attached hydrogens (tertiary/aromatic N) is 2. The van der Waals surface area contributed by atoms with Crippen LogP contribution < -0.4 is 11.4 Å². The van der Waals surface area contributed by atoms with Crippen molar-refractivity contribution >= 4 is 11.0 Å². The zero-order valence-electron chi connectivity index (χ0n) is 14.3. The van der Waals surface area contributed by atoms with Crippen molar-refractivity contribution in [3.63, 3.8) is 0 Å². The minimum Gasteiger partial charge on any atom is -0.330 e. The Kier molecular flexibility index (Phi) is 4.22. The molecule has 0 atom stereocenters. The molecule has 2 aliphatic rings. The summed E-state index contributed by atoms with van der Waals surface area (Å²) in [5, 5.41) is 0. The molecule has 0 amide bonds. The van der Waals surface area contributed by atoms with Crippen LogP contribution in [0.15, 0.2) is 29.1 Å². The Labute approximate surface area is 142 Å². The molecule has 0 bridgehead atoms. The number of hydrogen-bond acceptors (Lipinski definition) is 3. The van der Waals surface area contributed by atoms with Gasteiger partial charge >= 0.3 is 5.69 Å². The van der Waals surface area contributed by atoms with Crippen molar-refractivity contribution < 1.29 is 0 Å². The van der Waals surface area contributed by atoms with Crippen molar-refractivity contribution in [2.45, 2.75) is 44.6 Å². The highest BCUT2D eigenvalue weighted by atomic mass is 16.1. The first-order chi connectivity index (χ1) is 11.7. The van der Waals surface area contributed by atoms with Crippen LogP contribution in [0, 0.1) is 5.41 Å². The third kappa shape index (κ3) is 2.80. The predicted molar refractivity (Wildman–Crippen MR) is 97.2 cm³/mol. The molecule has 1 aromatic heterocycles. The molecule has 2 fully saturated rings. The number of nitrogens with one attached hydrogen (secondary N) is 1. The standard InChI is InChI=1S/C19H28N4O/c20-13-19(9-3-4-10-19)14-22-11-7-15(8-12-22)23-17-6-2-1-5-16(17)21-18(23)24/h1-2,5-6,15H,3-4,7-14,20H2,(H,21,24). The monoisotopic (exact) mass is 328 g/mol. The van der Waals surface area contributed by atoms with Gasteiger partial charge in [-0.15, -0.1) is 0 Å². The predicted octanol–water partition coefficient (Wildman–Crippen LogP) is 2.49. The summed E-state index contributed by atoms with van der Waals surface area (Å²) in [7, 11) is 0. The summed E-state index contributed by atoms with van der Waals surface area (Å²) in [4.78, 5) is 17.9. The van der Waals surface area contributed by atoms with Gasteiger partial charge in [0.15, 0.2) is 0 Å². The van der Waals surface area contributed by atoms with Gasteiger partial charge in [0.05, 0.1) is 11.0 Å². The average Bonchev–Trinajstić information content (AvgIpc) is 3.20. The van der Waals surface area contributed by atoms with Gasteiger partial charge in [-0.1, -0.05) is 25.0 Å². The maximum atomic E-state index is 12.4. The summed E-state index contributed by atoms with van der Waals surface area (Å²) in [6.45, 7) is 4.09. The maximum Gasteiger partial charge on any atom is 0.326 e. The number of benzene rings is 1. The Morgan fingerprint density at radius 3 is 2.58 bits per heavy atom. The second kappa shape index (κ2) is 6.37. The Morgan fingerprint density at radius 1 is 1.17 bits per heavy atom. The normalized spacial score (nSPS) is 22.4. The summed E-state index contributed by atoms with van der Waals surface area (Å²) < 4.78 is 1.97. The molecule has 0 spiro atoms. The van der Waals surface area contributed by atoms with Gasteiger partial charge in [0, 0.05) is 25.7 Å². The summed E-state index contributed by atoms with van der Waals surface area (Å²) in [5.74, 6) is 0. The highest BCUT2D eigenvalue weighted by Crippen LogP contribution is 2.38. The SMILES string of the molecule is NCC1(CN2CCC(n3c(=O)[nH]c4ccccc43)CC2)CCCC1. The lowest BCUT2D eigenvalue weighted by Crippen LogP contribution is -2.45. The number of likely N-dealkylation sites (tertiary alicyclic amines) is 1. The van der Waals surface area contributed by atoms with Crippen molar-refractivity contribution in [2.24, 2.45) is 11.1 Å². The molecular weight excluding hydrogens is 300 g/mol. The number of para-hydroxylation sites is 2. The first-order valence-electron chi connectivity index (χ1n) is 9.32. The molecule has 3 N–H and O–H groups in total. The van der Waals surface area contributed by atoms with Crippen LogP contribution in [0.5, 0.6) is 0 Å². The van der Waals surface area contributed by atoms with Crippen LogP contribution in [0.25, 0.3) is 11.0 Å². The molecule has 5 heteroatoms. The topological polar surface area (TPSA) is 67.0 Å². The molecule has 130 valence electrons. The second-order valence-corrected chi connectivity index (χ2v) is 7.74. The van der Waals surface area contributed by atoms with E-state index in [4.69, 9.17) is 5.73 Å². The second-order valence-electron chi connectivity index (χ2n) is 7.74. The van der Waals surface area contributed by atoms with Crippen molar-refractivity contribution in [1.82, 2.24) is 14.5 Å². The minimum atomic E-state index is 0.0314. The van der Waals surface area contributed by atoms with Crippen molar-refractivity contribution in [2.75, 3.05) is 26.2 Å². The lowest BCUT2D eigenvalue weighted by atomic mass is 9.85. The fraction of sp³-hybridized carbons (Fsp3) is 0.632. The smallest absolute Gasteiger partial charge is 0.326 e. The van der Waals surface area contributed by atoms with E-state index in [0.717, 1.165) is 50.1 Å². The van der Waals surface area contributed by atoms with Crippen LogP contribution in [-0.2, 0) is 0 Å². The molecule has 0 radical (unpaired) electrons. The average molecular weight is 328 g/mol. The van der Waals surface area contributed by atoms with E-state index < -0.39 is 0 Å². The van der Waals surface area contributed by atoms with Gasteiger partial charge in [-0.3, -0.25) is 4.57 Å². The number of imidazole rings is 1. The van der Waals surface area contributed by atoms with Gasteiger partial charge in [-0.2, -0.15) is 0 Å². The van der Waals surface area contributed by atoms with E-state index in [0.29, 0.717) is 11.5 Å². The van der Waals surface area contributed by atoms with Gasteiger partial charge in [0.2, 0.25) is 0 Å². The molecule has 1 aliphatic carbocycles. The van der Waals surface area contributed by atoms with Gasteiger partial charge in [0.25, 0.3) is 0 Å².